The highest BCUT2D eigenvalue weighted by molar-refractivity contribution is 6.35. The first kappa shape index (κ1) is 26.0. The van der Waals surface area contributed by atoms with Crippen LogP contribution in [0, 0.1) is 6.92 Å². The van der Waals surface area contributed by atoms with Crippen LogP contribution in [0.2, 0.25) is 0 Å². The molecule has 0 radical (unpaired) electrons. The lowest BCUT2D eigenvalue weighted by Crippen LogP contribution is -2.37. The van der Waals surface area contributed by atoms with Gasteiger partial charge >= 0.3 is 11.8 Å². The number of benzene rings is 3. The summed E-state index contributed by atoms with van der Waals surface area (Å²) in [6.45, 7) is 4.42. The summed E-state index contributed by atoms with van der Waals surface area (Å²) in [5.41, 5.74) is 5.31. The van der Waals surface area contributed by atoms with E-state index in [1.807, 2.05) is 38.1 Å². The Labute approximate surface area is 209 Å². The van der Waals surface area contributed by atoms with E-state index >= 15 is 0 Å². The van der Waals surface area contributed by atoms with Gasteiger partial charge < -0.3 is 20.1 Å². The third kappa shape index (κ3) is 8.28. The number of nitrogens with zero attached hydrogens (tertiary/aromatic N) is 1. The highest BCUT2D eigenvalue weighted by Gasteiger charge is 2.12. The van der Waals surface area contributed by atoms with Gasteiger partial charge in [-0.2, -0.15) is 5.10 Å². The largest absolute Gasteiger partial charge is 0.494 e. The Hall–Kier alpha value is -4.66. The molecule has 3 aromatic rings. The molecule has 0 aromatic heterocycles. The molecule has 3 rings (SSSR count). The molecular formula is C27H28N4O5. The number of aryl methyl sites for hydroxylation is 1. The summed E-state index contributed by atoms with van der Waals surface area (Å²) >= 11 is 0. The fourth-order valence-electron chi connectivity index (χ4n) is 3.04. The molecule has 0 heterocycles. The molecule has 36 heavy (non-hydrogen) atoms. The predicted molar refractivity (Wildman–Crippen MR) is 137 cm³/mol. The second-order valence-corrected chi connectivity index (χ2v) is 7.70. The van der Waals surface area contributed by atoms with Gasteiger partial charge in [0, 0.05) is 17.8 Å². The van der Waals surface area contributed by atoms with E-state index in [-0.39, 0.29) is 19.1 Å². The van der Waals surface area contributed by atoms with Crippen LogP contribution in [0.25, 0.3) is 0 Å². The molecule has 186 valence electrons. The number of para-hydroxylation sites is 1. The van der Waals surface area contributed by atoms with E-state index in [1.165, 1.54) is 6.21 Å². The normalized spacial score (nSPS) is 10.5. The molecule has 0 fully saturated rings. The van der Waals surface area contributed by atoms with E-state index in [4.69, 9.17) is 9.47 Å². The zero-order valence-electron chi connectivity index (χ0n) is 20.1. The molecular weight excluding hydrogens is 460 g/mol. The Balaban J connectivity index is 1.47. The highest BCUT2D eigenvalue weighted by Crippen LogP contribution is 2.17. The summed E-state index contributed by atoms with van der Waals surface area (Å²) < 4.78 is 11.0. The summed E-state index contributed by atoms with van der Waals surface area (Å²) in [6, 6.07) is 21.5. The maximum absolute atomic E-state index is 12.3. The number of hydrazone groups is 1. The van der Waals surface area contributed by atoms with E-state index in [9.17, 15) is 14.4 Å². The van der Waals surface area contributed by atoms with Gasteiger partial charge in [-0.3, -0.25) is 14.4 Å². The second kappa shape index (κ2) is 13.3. The van der Waals surface area contributed by atoms with E-state index in [1.54, 1.807) is 48.5 Å². The van der Waals surface area contributed by atoms with Gasteiger partial charge in [-0.25, -0.2) is 5.43 Å². The van der Waals surface area contributed by atoms with Crippen molar-refractivity contribution in [2.75, 3.05) is 18.5 Å². The van der Waals surface area contributed by atoms with Crippen molar-refractivity contribution in [3.8, 4) is 11.5 Å². The molecule has 3 aromatic carbocycles. The first-order chi connectivity index (χ1) is 17.4. The van der Waals surface area contributed by atoms with Crippen LogP contribution in [0.5, 0.6) is 11.5 Å². The van der Waals surface area contributed by atoms with Crippen molar-refractivity contribution in [3.05, 3.63) is 89.5 Å². The third-order valence-electron chi connectivity index (χ3n) is 4.88. The quantitative estimate of drug-likeness (QED) is 0.230. The lowest BCUT2D eigenvalue weighted by molar-refractivity contribution is -0.139. The lowest BCUT2D eigenvalue weighted by atomic mass is 10.1. The molecule has 9 heteroatoms. The van der Waals surface area contributed by atoms with Crippen molar-refractivity contribution in [3.63, 3.8) is 0 Å². The van der Waals surface area contributed by atoms with Gasteiger partial charge in [0.2, 0.25) is 0 Å². The van der Waals surface area contributed by atoms with Gasteiger partial charge in [0.05, 0.1) is 12.8 Å². The van der Waals surface area contributed by atoms with Crippen LogP contribution < -0.4 is 25.5 Å². The summed E-state index contributed by atoms with van der Waals surface area (Å²) in [5, 5.41) is 9.11. The van der Waals surface area contributed by atoms with E-state index in [0.29, 0.717) is 23.6 Å². The van der Waals surface area contributed by atoms with Crippen LogP contribution in [0.4, 0.5) is 5.69 Å². The minimum absolute atomic E-state index is 0.228. The lowest BCUT2D eigenvalue weighted by Gasteiger charge is -2.10. The molecule has 0 aliphatic heterocycles. The van der Waals surface area contributed by atoms with Crippen LogP contribution in [0.15, 0.2) is 77.9 Å². The number of anilines is 1. The fourth-order valence-corrected chi connectivity index (χ4v) is 3.04. The van der Waals surface area contributed by atoms with E-state index in [2.05, 4.69) is 21.2 Å². The maximum Gasteiger partial charge on any atom is 0.329 e. The molecule has 0 bridgehead atoms. The van der Waals surface area contributed by atoms with Crippen molar-refractivity contribution in [1.29, 1.82) is 0 Å². The zero-order chi connectivity index (χ0) is 25.8. The standard InChI is InChI=1S/C27H28N4O5/c1-3-35-23-14-12-22(13-15-23)30-25(32)18-36-24-7-5-4-6-21(24)17-29-31-27(34)26(33)28-16-20-10-8-19(2)9-11-20/h4-15,17H,3,16,18H2,1-2H3,(H,28,33)(H,30,32)(H,31,34)/b29-17-. The molecule has 9 nitrogen and oxygen atoms in total. The van der Waals surface area contributed by atoms with Gasteiger partial charge in [0.15, 0.2) is 6.61 Å². The number of ether oxygens (including phenoxy) is 2. The first-order valence-corrected chi connectivity index (χ1v) is 11.4. The highest BCUT2D eigenvalue weighted by atomic mass is 16.5. The average Bonchev–Trinajstić information content (AvgIpc) is 2.89. The average molecular weight is 489 g/mol. The Bertz CT molecular complexity index is 1210. The monoisotopic (exact) mass is 488 g/mol. The van der Waals surface area contributed by atoms with Gasteiger partial charge in [0.25, 0.3) is 5.91 Å². The number of rotatable bonds is 10. The number of amides is 3. The Morgan fingerprint density at radius 1 is 0.889 bits per heavy atom. The Kier molecular flexibility index (Phi) is 9.58. The molecule has 0 saturated heterocycles. The van der Waals surface area contributed by atoms with E-state index < -0.39 is 11.8 Å². The summed E-state index contributed by atoms with van der Waals surface area (Å²) in [5.74, 6) is -0.934. The minimum atomic E-state index is -0.897. The second-order valence-electron chi connectivity index (χ2n) is 7.70. The minimum Gasteiger partial charge on any atom is -0.494 e. The number of carbonyl (C=O) groups is 3. The number of carbonyl (C=O) groups excluding carboxylic acids is 3. The molecule has 0 unspecified atom stereocenters. The SMILES string of the molecule is CCOc1ccc(NC(=O)COc2ccccc2/C=N\NC(=O)C(=O)NCc2ccc(C)cc2)cc1. The predicted octanol–water partition coefficient (Wildman–Crippen LogP) is 3.18. The van der Waals surface area contributed by atoms with Gasteiger partial charge in [-0.05, 0) is 55.8 Å². The fraction of sp³-hybridized carbons (Fsp3) is 0.185. The summed E-state index contributed by atoms with van der Waals surface area (Å²) in [4.78, 5) is 36.3. The molecule has 0 spiro atoms. The topological polar surface area (TPSA) is 118 Å². The van der Waals surface area contributed by atoms with Crippen molar-refractivity contribution >= 4 is 29.6 Å². The third-order valence-corrected chi connectivity index (χ3v) is 4.88. The van der Waals surface area contributed by atoms with E-state index in [0.717, 1.165) is 16.9 Å². The summed E-state index contributed by atoms with van der Waals surface area (Å²) in [6.07, 6.45) is 1.34. The number of nitrogens with one attached hydrogen (secondary N) is 3. The zero-order valence-corrected chi connectivity index (χ0v) is 20.1. The van der Waals surface area contributed by atoms with Gasteiger partial charge in [-0.1, -0.05) is 42.0 Å². The molecule has 0 aliphatic carbocycles. The van der Waals surface area contributed by atoms with Crippen LogP contribution in [0.1, 0.15) is 23.6 Å². The van der Waals surface area contributed by atoms with Crippen molar-refractivity contribution in [2.45, 2.75) is 20.4 Å². The van der Waals surface area contributed by atoms with Crippen LogP contribution in [-0.4, -0.2) is 37.1 Å². The Morgan fingerprint density at radius 3 is 2.33 bits per heavy atom. The summed E-state index contributed by atoms with van der Waals surface area (Å²) in [7, 11) is 0. The van der Waals surface area contributed by atoms with Crippen LogP contribution in [-0.2, 0) is 20.9 Å². The molecule has 3 N–H and O–H groups in total. The van der Waals surface area contributed by atoms with Crippen molar-refractivity contribution in [2.24, 2.45) is 5.10 Å². The Morgan fingerprint density at radius 2 is 1.61 bits per heavy atom. The maximum atomic E-state index is 12.3. The van der Waals surface area contributed by atoms with Crippen LogP contribution >= 0.6 is 0 Å². The molecule has 3 amide bonds. The number of hydrogen-bond acceptors (Lipinski definition) is 6. The van der Waals surface area contributed by atoms with Gasteiger partial charge in [0.1, 0.15) is 11.5 Å². The molecule has 0 atom stereocenters. The van der Waals surface area contributed by atoms with Crippen molar-refractivity contribution in [1.82, 2.24) is 10.7 Å². The smallest absolute Gasteiger partial charge is 0.329 e. The van der Waals surface area contributed by atoms with Crippen molar-refractivity contribution < 1.29 is 23.9 Å². The van der Waals surface area contributed by atoms with Crippen LogP contribution in [0.3, 0.4) is 0 Å². The molecule has 0 aliphatic rings. The number of hydrogen-bond donors (Lipinski definition) is 3. The first-order valence-electron chi connectivity index (χ1n) is 11.4. The van der Waals surface area contributed by atoms with Gasteiger partial charge in [-0.15, -0.1) is 0 Å². The molecule has 0 saturated carbocycles.